The van der Waals surface area contributed by atoms with Gasteiger partial charge in [-0.3, -0.25) is 0 Å². The Morgan fingerprint density at radius 3 is 2.21 bits per heavy atom. The van der Waals surface area contributed by atoms with Gasteiger partial charge in [0, 0.05) is 11.6 Å². The van der Waals surface area contributed by atoms with E-state index in [0.29, 0.717) is 6.61 Å². The smallest absolute Gasteiger partial charge is 0.330 e. The van der Waals surface area contributed by atoms with Crippen LogP contribution in [-0.4, -0.2) is 50.7 Å². The van der Waals surface area contributed by atoms with Crippen molar-refractivity contribution in [3.05, 3.63) is 77.9 Å². The van der Waals surface area contributed by atoms with Crippen LogP contribution in [0, 0.1) is 13.8 Å². The molecule has 0 atom stereocenters. The molecule has 0 N–H and O–H groups in total. The van der Waals surface area contributed by atoms with E-state index in [4.69, 9.17) is 4.74 Å². The molecule has 0 heterocycles. The second-order valence-electron chi connectivity index (χ2n) is 7.38. The summed E-state index contributed by atoms with van der Waals surface area (Å²) in [6.45, 7) is 9.45. The van der Waals surface area contributed by atoms with E-state index >= 15 is 0 Å². The number of benzene rings is 2. The Morgan fingerprint density at radius 1 is 1.10 bits per heavy atom. The van der Waals surface area contributed by atoms with Gasteiger partial charge in [0.05, 0.1) is 19.0 Å². The predicted octanol–water partition coefficient (Wildman–Crippen LogP) is 3.20. The van der Waals surface area contributed by atoms with Crippen LogP contribution in [0.5, 0.6) is 0 Å². The molecular formula is C22H29NO5S. The van der Waals surface area contributed by atoms with Crippen molar-refractivity contribution in [1.29, 1.82) is 0 Å². The maximum absolute atomic E-state index is 11.0. The Hall–Kier alpha value is -2.48. The van der Waals surface area contributed by atoms with E-state index in [1.807, 2.05) is 13.0 Å². The van der Waals surface area contributed by atoms with E-state index in [2.05, 4.69) is 45.8 Å². The Morgan fingerprint density at radius 2 is 1.69 bits per heavy atom. The zero-order chi connectivity index (χ0) is 22.1. The van der Waals surface area contributed by atoms with Gasteiger partial charge in [0.25, 0.3) is 0 Å². The van der Waals surface area contributed by atoms with E-state index < -0.39 is 10.1 Å². The Kier molecular flexibility index (Phi) is 9.23. The summed E-state index contributed by atoms with van der Waals surface area (Å²) >= 11 is 0. The molecule has 0 fully saturated rings. The summed E-state index contributed by atoms with van der Waals surface area (Å²) in [4.78, 5) is 10.8. The first kappa shape index (κ1) is 24.6. The first-order valence-electron chi connectivity index (χ1n) is 9.13. The highest BCUT2D eigenvalue weighted by atomic mass is 32.2. The van der Waals surface area contributed by atoms with E-state index in [1.54, 1.807) is 12.1 Å². The van der Waals surface area contributed by atoms with Crippen molar-refractivity contribution >= 4 is 16.1 Å². The number of likely N-dealkylation sites (N-methyl/N-ethyl adjacent to an activating group) is 1. The summed E-state index contributed by atoms with van der Waals surface area (Å²) in [5.74, 6) is -0.356. The van der Waals surface area contributed by atoms with Crippen molar-refractivity contribution in [3.8, 4) is 0 Å². The average molecular weight is 420 g/mol. The lowest BCUT2D eigenvalue weighted by Gasteiger charge is -2.30. The molecule has 158 valence electrons. The molecule has 2 aromatic rings. The van der Waals surface area contributed by atoms with E-state index in [9.17, 15) is 17.8 Å². The van der Waals surface area contributed by atoms with Gasteiger partial charge in [-0.2, -0.15) is 0 Å². The highest BCUT2D eigenvalue weighted by molar-refractivity contribution is 7.85. The zero-order valence-electron chi connectivity index (χ0n) is 17.4. The van der Waals surface area contributed by atoms with Gasteiger partial charge >= 0.3 is 5.97 Å². The largest absolute Gasteiger partial charge is 0.744 e. The fourth-order valence-electron chi connectivity index (χ4n) is 2.48. The summed E-state index contributed by atoms with van der Waals surface area (Å²) < 4.78 is 37.0. The molecule has 6 nitrogen and oxygen atoms in total. The second kappa shape index (κ2) is 10.9. The molecule has 0 aromatic heterocycles. The molecule has 0 amide bonds. The van der Waals surface area contributed by atoms with Gasteiger partial charge in [0.15, 0.2) is 0 Å². The van der Waals surface area contributed by atoms with Gasteiger partial charge in [-0.15, -0.1) is 0 Å². The minimum Gasteiger partial charge on any atom is -0.744 e. The molecule has 0 aliphatic carbocycles. The van der Waals surface area contributed by atoms with Gasteiger partial charge in [0.2, 0.25) is 0 Å². The number of hydrogen-bond donors (Lipinski definition) is 0. The summed E-state index contributed by atoms with van der Waals surface area (Å²) in [5, 5.41) is 0. The predicted molar refractivity (Wildman–Crippen MR) is 112 cm³/mol. The lowest BCUT2D eigenvalue weighted by atomic mass is 10.1. The molecule has 7 heteroatoms. The highest BCUT2D eigenvalue weighted by Crippen LogP contribution is 2.13. The lowest BCUT2D eigenvalue weighted by Crippen LogP contribution is -2.41. The van der Waals surface area contributed by atoms with Gasteiger partial charge in [-0.1, -0.05) is 48.5 Å². The van der Waals surface area contributed by atoms with Crippen molar-refractivity contribution in [3.63, 3.8) is 0 Å². The number of aryl methyl sites for hydroxylation is 2. The summed E-state index contributed by atoms with van der Waals surface area (Å²) in [7, 11) is -0.00334. The summed E-state index contributed by atoms with van der Waals surface area (Å²) in [6.07, 6.45) is 1.20. The Bertz CT molecular complexity index is 918. The molecule has 0 aliphatic heterocycles. The van der Waals surface area contributed by atoms with Crippen LogP contribution in [0.2, 0.25) is 0 Å². The maximum atomic E-state index is 11.0. The molecule has 0 unspecified atom stereocenters. The molecule has 2 rings (SSSR count). The molecule has 0 bridgehead atoms. The van der Waals surface area contributed by atoms with Crippen LogP contribution in [0.15, 0.2) is 66.1 Å². The normalized spacial score (nSPS) is 11.2. The fourth-order valence-corrected chi connectivity index (χ4v) is 2.95. The van der Waals surface area contributed by atoms with Crippen molar-refractivity contribution in [2.75, 3.05) is 27.2 Å². The first-order valence-corrected chi connectivity index (χ1v) is 10.5. The fraction of sp³-hybridized carbons (Fsp3) is 0.318. The Balaban J connectivity index is 0.000000326. The van der Waals surface area contributed by atoms with E-state index in [-0.39, 0.29) is 10.9 Å². The Labute approximate surface area is 173 Å². The SMILES string of the molecule is C=CC(=O)OCC[N+](C)(C)Cc1ccccc1C.Cc1ccc(S(=O)(=O)[O-])cc1. The maximum Gasteiger partial charge on any atom is 0.330 e. The molecule has 2 aromatic carbocycles. The standard InChI is InChI=1S/C15H22NO2.C7H8O3S/c1-5-15(17)18-11-10-16(3,4)12-14-9-7-6-8-13(14)2;1-6-2-4-7(5-3-6)11(8,9)10/h5-9H,1,10-12H2,2-4H3;2-5H,1H3,(H,8,9,10)/q+1;/p-1. The van der Waals surface area contributed by atoms with Crippen LogP contribution in [0.3, 0.4) is 0 Å². The van der Waals surface area contributed by atoms with Gasteiger partial charge < -0.3 is 13.8 Å². The molecule has 0 aliphatic rings. The number of carbonyl (C=O) groups is 1. The van der Waals surface area contributed by atoms with Gasteiger partial charge in [-0.25, -0.2) is 13.2 Å². The molecular weight excluding hydrogens is 390 g/mol. The third kappa shape index (κ3) is 9.51. The highest BCUT2D eigenvalue weighted by Gasteiger charge is 2.17. The topological polar surface area (TPSA) is 83.5 Å². The second-order valence-corrected chi connectivity index (χ2v) is 8.76. The first-order chi connectivity index (χ1) is 13.4. The molecule has 29 heavy (non-hydrogen) atoms. The van der Waals surface area contributed by atoms with E-state index in [0.717, 1.165) is 23.1 Å². The third-order valence-corrected chi connectivity index (χ3v) is 5.13. The molecule has 0 radical (unpaired) electrons. The van der Waals surface area contributed by atoms with Crippen LogP contribution in [0.1, 0.15) is 16.7 Å². The van der Waals surface area contributed by atoms with E-state index in [1.165, 1.54) is 29.3 Å². The number of quaternary nitrogens is 1. The minimum absolute atomic E-state index is 0.178. The van der Waals surface area contributed by atoms with Crippen LogP contribution < -0.4 is 0 Å². The van der Waals surface area contributed by atoms with Crippen LogP contribution >= 0.6 is 0 Å². The monoisotopic (exact) mass is 419 g/mol. The van der Waals surface area contributed by atoms with Crippen molar-refractivity contribution in [1.82, 2.24) is 0 Å². The zero-order valence-corrected chi connectivity index (χ0v) is 18.2. The average Bonchev–Trinajstić information content (AvgIpc) is 2.63. The summed E-state index contributed by atoms with van der Waals surface area (Å²) in [5.41, 5.74) is 3.56. The van der Waals surface area contributed by atoms with Crippen LogP contribution in [0.25, 0.3) is 0 Å². The number of hydrogen-bond acceptors (Lipinski definition) is 5. The molecule has 0 saturated heterocycles. The number of esters is 1. The van der Waals surface area contributed by atoms with Crippen molar-refractivity contribution in [2.24, 2.45) is 0 Å². The number of carbonyl (C=O) groups excluding carboxylic acids is 1. The van der Waals surface area contributed by atoms with Crippen LogP contribution in [-0.2, 0) is 26.2 Å². The van der Waals surface area contributed by atoms with Gasteiger partial charge in [-0.05, 0) is 31.5 Å². The molecule has 0 saturated carbocycles. The number of ether oxygens (including phenoxy) is 1. The molecule has 0 spiro atoms. The number of nitrogens with zero attached hydrogens (tertiary/aromatic N) is 1. The van der Waals surface area contributed by atoms with Gasteiger partial charge in [0.1, 0.15) is 29.8 Å². The van der Waals surface area contributed by atoms with Crippen LogP contribution in [0.4, 0.5) is 0 Å². The van der Waals surface area contributed by atoms with Crippen molar-refractivity contribution < 1.29 is 27.0 Å². The summed E-state index contributed by atoms with van der Waals surface area (Å²) in [6, 6.07) is 14.1. The number of rotatable bonds is 7. The van der Waals surface area contributed by atoms with Crippen molar-refractivity contribution in [2.45, 2.75) is 25.3 Å². The quantitative estimate of drug-likeness (QED) is 0.298. The lowest BCUT2D eigenvalue weighted by molar-refractivity contribution is -0.903. The third-order valence-electron chi connectivity index (χ3n) is 4.28. The minimum atomic E-state index is -4.27.